The molecule has 7 heteroatoms. The predicted octanol–water partition coefficient (Wildman–Crippen LogP) is 2.35. The molecule has 2 amide bonds. The van der Waals surface area contributed by atoms with Crippen LogP contribution in [0.3, 0.4) is 0 Å². The van der Waals surface area contributed by atoms with Gasteiger partial charge >= 0.3 is 0 Å². The molecule has 3 rings (SSSR count). The van der Waals surface area contributed by atoms with Crippen molar-refractivity contribution in [3.63, 3.8) is 0 Å². The average Bonchev–Trinajstić information content (AvgIpc) is 2.96. The second-order valence-corrected chi connectivity index (χ2v) is 10.2. The Balaban J connectivity index is 1.49. The summed E-state index contributed by atoms with van der Waals surface area (Å²) in [7, 11) is -3.00. The van der Waals surface area contributed by atoms with Crippen molar-refractivity contribution in [2.75, 3.05) is 16.8 Å². The first kappa shape index (κ1) is 19.9. The number of hydrogen-bond acceptors (Lipinski definition) is 4. The van der Waals surface area contributed by atoms with Crippen LogP contribution in [-0.4, -0.2) is 37.8 Å². The summed E-state index contributed by atoms with van der Waals surface area (Å²) < 4.78 is 23.0. The number of amides is 2. The van der Waals surface area contributed by atoms with Gasteiger partial charge in [-0.25, -0.2) is 8.42 Å². The molecule has 27 heavy (non-hydrogen) atoms. The molecule has 2 N–H and O–H groups in total. The van der Waals surface area contributed by atoms with Crippen LogP contribution in [0.25, 0.3) is 0 Å². The van der Waals surface area contributed by atoms with Crippen molar-refractivity contribution in [2.45, 2.75) is 52.0 Å². The van der Waals surface area contributed by atoms with Gasteiger partial charge in [-0.2, -0.15) is 0 Å². The van der Waals surface area contributed by atoms with Gasteiger partial charge in [-0.3, -0.25) is 9.59 Å². The molecule has 1 atom stereocenters. The topological polar surface area (TPSA) is 92.3 Å². The van der Waals surface area contributed by atoms with E-state index in [2.05, 4.69) is 10.6 Å². The number of aryl methyl sites for hydroxylation is 2. The third-order valence-electron chi connectivity index (χ3n) is 5.70. The summed E-state index contributed by atoms with van der Waals surface area (Å²) >= 11 is 0. The summed E-state index contributed by atoms with van der Waals surface area (Å²) in [5, 5.41) is 5.91. The Kier molecular flexibility index (Phi) is 5.89. The molecule has 0 radical (unpaired) electrons. The number of sulfone groups is 1. The van der Waals surface area contributed by atoms with E-state index in [0.717, 1.165) is 16.8 Å². The third kappa shape index (κ3) is 5.09. The van der Waals surface area contributed by atoms with Crippen molar-refractivity contribution in [2.24, 2.45) is 11.8 Å². The maximum Gasteiger partial charge on any atom is 0.227 e. The molecule has 0 bridgehead atoms. The van der Waals surface area contributed by atoms with E-state index in [1.54, 1.807) is 0 Å². The molecule has 1 saturated carbocycles. The molecule has 2 fully saturated rings. The highest BCUT2D eigenvalue weighted by atomic mass is 32.2. The minimum absolute atomic E-state index is 0.0180. The molecular formula is C20H28N2O4S. The van der Waals surface area contributed by atoms with Crippen LogP contribution in [0.2, 0.25) is 0 Å². The van der Waals surface area contributed by atoms with Crippen molar-refractivity contribution in [1.82, 2.24) is 5.32 Å². The standard InChI is InChI=1S/C20H28N2O4S/c1-13-3-4-14(2)18(11-13)22-20(24)16-7-5-15(6-8-16)19(23)21-17-9-10-27(25,26)12-17/h3-4,11,15-17H,5-10,12H2,1-2H3,(H,21,23)(H,22,24). The quantitative estimate of drug-likeness (QED) is 0.823. The van der Waals surface area contributed by atoms with Crippen LogP contribution in [0, 0.1) is 25.7 Å². The highest BCUT2D eigenvalue weighted by Crippen LogP contribution is 2.30. The van der Waals surface area contributed by atoms with Crippen LogP contribution in [0.15, 0.2) is 18.2 Å². The van der Waals surface area contributed by atoms with Gasteiger partial charge in [-0.1, -0.05) is 12.1 Å². The van der Waals surface area contributed by atoms with Crippen LogP contribution >= 0.6 is 0 Å². The minimum Gasteiger partial charge on any atom is -0.352 e. The summed E-state index contributed by atoms with van der Waals surface area (Å²) in [5.74, 6) is -0.0518. The van der Waals surface area contributed by atoms with Crippen molar-refractivity contribution >= 4 is 27.3 Å². The molecule has 0 spiro atoms. The largest absolute Gasteiger partial charge is 0.352 e. The van der Waals surface area contributed by atoms with Crippen LogP contribution in [-0.2, 0) is 19.4 Å². The van der Waals surface area contributed by atoms with Gasteiger partial charge in [0.1, 0.15) is 0 Å². The maximum atomic E-state index is 12.6. The van der Waals surface area contributed by atoms with Crippen molar-refractivity contribution in [3.05, 3.63) is 29.3 Å². The smallest absolute Gasteiger partial charge is 0.227 e. The number of carbonyl (C=O) groups excluding carboxylic acids is 2. The summed E-state index contributed by atoms with van der Waals surface area (Å²) in [6.07, 6.45) is 3.18. The van der Waals surface area contributed by atoms with E-state index in [1.165, 1.54) is 0 Å². The average molecular weight is 393 g/mol. The minimum atomic E-state index is -3.00. The first-order valence-corrected chi connectivity index (χ1v) is 11.4. The SMILES string of the molecule is Cc1ccc(C)c(NC(=O)C2CCC(C(=O)NC3CCS(=O)(=O)C3)CC2)c1. The van der Waals surface area contributed by atoms with Gasteiger partial charge in [0, 0.05) is 23.6 Å². The number of rotatable bonds is 4. The van der Waals surface area contributed by atoms with Gasteiger partial charge < -0.3 is 10.6 Å². The Bertz CT molecular complexity index is 826. The lowest BCUT2D eigenvalue weighted by atomic mass is 9.81. The van der Waals surface area contributed by atoms with Crippen molar-refractivity contribution in [1.29, 1.82) is 0 Å². The first-order chi connectivity index (χ1) is 12.7. The van der Waals surface area contributed by atoms with E-state index in [0.29, 0.717) is 32.1 Å². The molecule has 1 aliphatic carbocycles. The molecular weight excluding hydrogens is 364 g/mol. The Morgan fingerprint density at radius 3 is 2.19 bits per heavy atom. The number of benzene rings is 1. The lowest BCUT2D eigenvalue weighted by Gasteiger charge is -2.28. The Morgan fingerprint density at radius 1 is 0.963 bits per heavy atom. The Labute approximate surface area is 161 Å². The Morgan fingerprint density at radius 2 is 1.59 bits per heavy atom. The highest BCUT2D eigenvalue weighted by molar-refractivity contribution is 7.91. The number of hydrogen-bond donors (Lipinski definition) is 2. The fraction of sp³-hybridized carbons (Fsp3) is 0.600. The number of anilines is 1. The highest BCUT2D eigenvalue weighted by Gasteiger charge is 2.33. The molecule has 1 heterocycles. The van der Waals surface area contributed by atoms with Crippen molar-refractivity contribution < 1.29 is 18.0 Å². The summed E-state index contributed by atoms with van der Waals surface area (Å²) in [6, 6.07) is 5.73. The molecule has 1 aromatic carbocycles. The van der Waals surface area contributed by atoms with E-state index in [4.69, 9.17) is 0 Å². The summed E-state index contributed by atoms with van der Waals surface area (Å²) in [6.45, 7) is 3.97. The van der Waals surface area contributed by atoms with Gasteiger partial charge in [0.05, 0.1) is 11.5 Å². The lowest BCUT2D eigenvalue weighted by Crippen LogP contribution is -2.41. The molecule has 1 aliphatic heterocycles. The maximum absolute atomic E-state index is 12.6. The molecule has 2 aliphatic rings. The summed E-state index contributed by atoms with van der Waals surface area (Å²) in [5.41, 5.74) is 2.99. The van der Waals surface area contributed by atoms with E-state index in [9.17, 15) is 18.0 Å². The Hall–Kier alpha value is -1.89. The zero-order valence-electron chi connectivity index (χ0n) is 16.0. The van der Waals surface area contributed by atoms with E-state index < -0.39 is 9.84 Å². The van der Waals surface area contributed by atoms with Gasteiger partial charge in [0.15, 0.2) is 9.84 Å². The first-order valence-electron chi connectivity index (χ1n) is 9.62. The lowest BCUT2D eigenvalue weighted by molar-refractivity contribution is -0.129. The number of carbonyl (C=O) groups is 2. The van der Waals surface area contributed by atoms with Crippen LogP contribution in [0.5, 0.6) is 0 Å². The molecule has 148 valence electrons. The third-order valence-corrected chi connectivity index (χ3v) is 7.47. The second-order valence-electron chi connectivity index (χ2n) is 7.96. The molecule has 1 saturated heterocycles. The van der Waals surface area contributed by atoms with Gasteiger partial charge in [-0.05, 0) is 63.1 Å². The van der Waals surface area contributed by atoms with Gasteiger partial charge in [0.2, 0.25) is 11.8 Å². The van der Waals surface area contributed by atoms with Gasteiger partial charge in [0.25, 0.3) is 0 Å². The normalized spacial score (nSPS) is 27.1. The van der Waals surface area contributed by atoms with Crippen molar-refractivity contribution in [3.8, 4) is 0 Å². The molecule has 1 unspecified atom stereocenters. The fourth-order valence-electron chi connectivity index (χ4n) is 3.95. The van der Waals surface area contributed by atoms with E-state index in [1.807, 2.05) is 32.0 Å². The zero-order valence-corrected chi connectivity index (χ0v) is 16.8. The van der Waals surface area contributed by atoms with Crippen LogP contribution < -0.4 is 10.6 Å². The summed E-state index contributed by atoms with van der Waals surface area (Å²) in [4.78, 5) is 25.0. The van der Waals surface area contributed by atoms with Crippen LogP contribution in [0.1, 0.15) is 43.2 Å². The van der Waals surface area contributed by atoms with E-state index >= 15 is 0 Å². The number of nitrogens with one attached hydrogen (secondary N) is 2. The van der Waals surface area contributed by atoms with Gasteiger partial charge in [-0.15, -0.1) is 0 Å². The van der Waals surface area contributed by atoms with Crippen LogP contribution in [0.4, 0.5) is 5.69 Å². The zero-order chi connectivity index (χ0) is 19.6. The predicted molar refractivity (Wildman–Crippen MR) is 105 cm³/mol. The van der Waals surface area contributed by atoms with E-state index in [-0.39, 0.29) is 41.2 Å². The molecule has 6 nitrogen and oxygen atoms in total. The second kappa shape index (κ2) is 8.00. The monoisotopic (exact) mass is 392 g/mol. The molecule has 1 aromatic rings. The molecule has 0 aromatic heterocycles. The fourth-order valence-corrected chi connectivity index (χ4v) is 5.62.